The summed E-state index contributed by atoms with van der Waals surface area (Å²) >= 11 is 5.95. The van der Waals surface area contributed by atoms with Crippen molar-refractivity contribution in [1.82, 2.24) is 19.4 Å². The highest BCUT2D eigenvalue weighted by atomic mass is 35.5. The summed E-state index contributed by atoms with van der Waals surface area (Å²) in [7, 11) is 1.81. The molecule has 0 unspecified atom stereocenters. The Morgan fingerprint density at radius 1 is 1.07 bits per heavy atom. The third-order valence-corrected chi connectivity index (χ3v) is 9.78. The van der Waals surface area contributed by atoms with E-state index in [4.69, 9.17) is 16.6 Å². The van der Waals surface area contributed by atoms with Crippen LogP contribution in [0.5, 0.6) is 0 Å². The van der Waals surface area contributed by atoms with Gasteiger partial charge in [-0.3, -0.25) is 14.2 Å². The lowest BCUT2D eigenvalue weighted by Crippen LogP contribution is -2.56. The summed E-state index contributed by atoms with van der Waals surface area (Å²) in [5.41, 5.74) is 1.93. The summed E-state index contributed by atoms with van der Waals surface area (Å²) in [5, 5.41) is 13.6. The minimum Gasteiger partial charge on any atom is -0.476 e. The number of amides is 1. The number of halogens is 1. The first kappa shape index (κ1) is 26.7. The van der Waals surface area contributed by atoms with Gasteiger partial charge in [-0.05, 0) is 82.6 Å². The molecular formula is C30H34ClN5O4. The van der Waals surface area contributed by atoms with Gasteiger partial charge in [0.2, 0.25) is 5.91 Å². The van der Waals surface area contributed by atoms with Gasteiger partial charge >= 0.3 is 5.97 Å². The number of aromatic carboxylic acids is 1. The number of carboxylic acids is 1. The van der Waals surface area contributed by atoms with E-state index in [1.165, 1.54) is 0 Å². The fourth-order valence-electron chi connectivity index (χ4n) is 7.08. The lowest BCUT2D eigenvalue weighted by atomic mass is 9.52. The summed E-state index contributed by atoms with van der Waals surface area (Å²) in [5.74, 6) is -0.0770. The molecule has 40 heavy (non-hydrogen) atoms. The molecule has 4 fully saturated rings. The Kier molecular flexibility index (Phi) is 6.40. The van der Waals surface area contributed by atoms with Crippen LogP contribution in [0.3, 0.4) is 0 Å². The average Bonchev–Trinajstić information content (AvgIpc) is 2.91. The van der Waals surface area contributed by atoms with Gasteiger partial charge in [0.05, 0.1) is 22.6 Å². The highest BCUT2D eigenvalue weighted by Gasteiger charge is 2.55. The molecule has 9 nitrogen and oxygen atoms in total. The van der Waals surface area contributed by atoms with Crippen molar-refractivity contribution in [3.8, 4) is 0 Å². The predicted molar refractivity (Wildman–Crippen MR) is 153 cm³/mol. The van der Waals surface area contributed by atoms with E-state index in [2.05, 4.69) is 10.3 Å². The molecule has 3 aliphatic carbocycles. The molecule has 7 rings (SSSR count). The van der Waals surface area contributed by atoms with Crippen LogP contribution in [-0.2, 0) is 17.3 Å². The number of aromatic nitrogens is 3. The van der Waals surface area contributed by atoms with Crippen molar-refractivity contribution in [3.05, 3.63) is 62.4 Å². The fourth-order valence-corrected chi connectivity index (χ4v) is 7.23. The number of fused-ring (bicyclic) bond motifs is 4. The molecule has 2 bridgehead atoms. The lowest BCUT2D eigenvalue weighted by Gasteiger charge is -2.54. The van der Waals surface area contributed by atoms with Crippen LogP contribution in [0.1, 0.15) is 85.4 Å². The van der Waals surface area contributed by atoms with E-state index in [9.17, 15) is 19.5 Å². The maximum absolute atomic E-state index is 13.8. The SMILES string of the molecule is Cc1cc([C@@H](C)Nc2ccc(Cl)nc2C(=O)O)c2nc(C34CCC(C(=O)N5CCC5)(CC3)CC4)n(C)c(=O)c2c1. The quantitative estimate of drug-likeness (QED) is 0.406. The molecule has 2 N–H and O–H groups in total. The second kappa shape index (κ2) is 9.58. The number of likely N-dealkylation sites (tertiary alicyclic amines) is 1. The maximum atomic E-state index is 13.8. The topological polar surface area (TPSA) is 117 Å². The van der Waals surface area contributed by atoms with E-state index in [0.717, 1.165) is 75.0 Å². The van der Waals surface area contributed by atoms with Gasteiger partial charge in [0.15, 0.2) is 5.69 Å². The number of pyridine rings is 1. The van der Waals surface area contributed by atoms with E-state index in [1.54, 1.807) is 16.7 Å². The number of nitrogens with zero attached hydrogens (tertiary/aromatic N) is 4. The molecular weight excluding hydrogens is 530 g/mol. The van der Waals surface area contributed by atoms with Crippen molar-refractivity contribution in [2.45, 2.75) is 70.3 Å². The molecule has 1 saturated heterocycles. The zero-order valence-electron chi connectivity index (χ0n) is 23.1. The predicted octanol–water partition coefficient (Wildman–Crippen LogP) is 4.99. The number of carbonyl (C=O) groups is 2. The molecule has 0 radical (unpaired) electrons. The van der Waals surface area contributed by atoms with E-state index < -0.39 is 5.97 Å². The summed E-state index contributed by atoms with van der Waals surface area (Å²) < 4.78 is 1.71. The third kappa shape index (κ3) is 4.17. The van der Waals surface area contributed by atoms with Crippen molar-refractivity contribution in [2.24, 2.45) is 12.5 Å². The number of anilines is 1. The summed E-state index contributed by atoms with van der Waals surface area (Å²) in [6, 6.07) is 6.64. The second-order valence-corrected chi connectivity index (χ2v) is 12.3. The maximum Gasteiger partial charge on any atom is 0.356 e. The van der Waals surface area contributed by atoms with Crippen LogP contribution >= 0.6 is 11.6 Å². The van der Waals surface area contributed by atoms with Crippen molar-refractivity contribution in [1.29, 1.82) is 0 Å². The Morgan fingerprint density at radius 3 is 2.35 bits per heavy atom. The molecule has 3 saturated carbocycles. The normalized spacial score (nSPS) is 24.6. The highest BCUT2D eigenvalue weighted by molar-refractivity contribution is 6.29. The minimum atomic E-state index is -1.18. The molecule has 3 aromatic rings. The molecule has 210 valence electrons. The Hall–Kier alpha value is -3.46. The Labute approximate surface area is 237 Å². The zero-order chi connectivity index (χ0) is 28.4. The molecule has 3 heterocycles. The van der Waals surface area contributed by atoms with Gasteiger partial charge in [0, 0.05) is 36.5 Å². The van der Waals surface area contributed by atoms with Crippen molar-refractivity contribution in [3.63, 3.8) is 0 Å². The van der Waals surface area contributed by atoms with Gasteiger partial charge in [-0.1, -0.05) is 17.7 Å². The van der Waals surface area contributed by atoms with Crippen LogP contribution in [0.2, 0.25) is 5.15 Å². The summed E-state index contributed by atoms with van der Waals surface area (Å²) in [4.78, 5) is 50.1. The van der Waals surface area contributed by atoms with Gasteiger partial charge in [-0.2, -0.15) is 0 Å². The van der Waals surface area contributed by atoms with Crippen LogP contribution in [0.15, 0.2) is 29.1 Å². The summed E-state index contributed by atoms with van der Waals surface area (Å²) in [6.07, 6.45) is 6.10. The van der Waals surface area contributed by atoms with E-state index in [1.807, 2.05) is 37.9 Å². The Bertz CT molecular complexity index is 1590. The number of hydrogen-bond donors (Lipinski definition) is 2. The number of nitrogens with one attached hydrogen (secondary N) is 1. The first-order valence-corrected chi connectivity index (χ1v) is 14.4. The number of benzene rings is 1. The number of carboxylic acid groups (broad SMARTS) is 1. The van der Waals surface area contributed by atoms with Gasteiger partial charge in [-0.25, -0.2) is 14.8 Å². The molecule has 1 aliphatic heterocycles. The van der Waals surface area contributed by atoms with Crippen molar-refractivity contribution >= 4 is 40.1 Å². The fraction of sp³-hybridized carbons (Fsp3) is 0.500. The number of rotatable bonds is 6. The molecule has 2 aromatic heterocycles. The molecule has 1 atom stereocenters. The lowest BCUT2D eigenvalue weighted by molar-refractivity contribution is -0.153. The number of aryl methyl sites for hydroxylation is 1. The van der Waals surface area contributed by atoms with Crippen LogP contribution in [0.25, 0.3) is 10.9 Å². The monoisotopic (exact) mass is 563 g/mol. The Balaban J connectivity index is 1.39. The van der Waals surface area contributed by atoms with Gasteiger partial charge in [0.1, 0.15) is 11.0 Å². The van der Waals surface area contributed by atoms with E-state index in [-0.39, 0.29) is 33.3 Å². The largest absolute Gasteiger partial charge is 0.476 e. The molecule has 1 amide bonds. The average molecular weight is 564 g/mol. The van der Waals surface area contributed by atoms with Crippen molar-refractivity contribution in [2.75, 3.05) is 18.4 Å². The first-order chi connectivity index (χ1) is 19.0. The first-order valence-electron chi connectivity index (χ1n) is 14.0. The van der Waals surface area contributed by atoms with Crippen molar-refractivity contribution < 1.29 is 14.7 Å². The second-order valence-electron chi connectivity index (χ2n) is 12.0. The van der Waals surface area contributed by atoms with Crippen LogP contribution in [0, 0.1) is 12.3 Å². The van der Waals surface area contributed by atoms with Gasteiger partial charge in [0.25, 0.3) is 5.56 Å². The molecule has 0 spiro atoms. The molecule has 1 aromatic carbocycles. The smallest absolute Gasteiger partial charge is 0.356 e. The summed E-state index contributed by atoms with van der Waals surface area (Å²) in [6.45, 7) is 5.61. The zero-order valence-corrected chi connectivity index (χ0v) is 23.8. The molecule has 10 heteroatoms. The van der Waals surface area contributed by atoms with Gasteiger partial charge < -0.3 is 15.3 Å². The number of hydrogen-bond acceptors (Lipinski definition) is 6. The van der Waals surface area contributed by atoms with Crippen LogP contribution < -0.4 is 10.9 Å². The Morgan fingerprint density at radius 2 is 1.75 bits per heavy atom. The van der Waals surface area contributed by atoms with Crippen LogP contribution in [-0.4, -0.2) is 49.5 Å². The van der Waals surface area contributed by atoms with Crippen LogP contribution in [0.4, 0.5) is 5.69 Å². The third-order valence-electron chi connectivity index (χ3n) is 9.57. The van der Waals surface area contributed by atoms with E-state index >= 15 is 0 Å². The van der Waals surface area contributed by atoms with E-state index in [0.29, 0.717) is 22.5 Å². The van der Waals surface area contributed by atoms with Gasteiger partial charge in [-0.15, -0.1) is 0 Å². The molecule has 4 aliphatic rings. The number of carbonyl (C=O) groups excluding carboxylic acids is 1. The standard InChI is InChI=1S/C30H34ClN5O4/c1-17-15-19(18(2)32-21-5-6-22(31)33-24(21)26(38)39)23-20(16-17)25(37)35(3)27(34-23)29-7-10-30(11-8-29,12-9-29)28(40)36-13-4-14-36/h5-6,15-16,18,32H,4,7-14H2,1-3H3,(H,38,39)/t18-,29?,30?/m1/s1. The highest BCUT2D eigenvalue weighted by Crippen LogP contribution is 2.58. The minimum absolute atomic E-state index is 0.0926.